The van der Waals surface area contributed by atoms with Crippen molar-refractivity contribution in [1.29, 1.82) is 0 Å². The number of H-pyrrole nitrogens is 1. The van der Waals surface area contributed by atoms with Gasteiger partial charge < -0.3 is 21.1 Å². The van der Waals surface area contributed by atoms with Crippen molar-refractivity contribution < 1.29 is 5.11 Å². The molecule has 0 amide bonds. The molecule has 1 atom stereocenters. The van der Waals surface area contributed by atoms with Crippen LogP contribution in [0.3, 0.4) is 0 Å². The lowest BCUT2D eigenvalue weighted by atomic mass is 10.0. The molecule has 152 valence electrons. The van der Waals surface area contributed by atoms with Gasteiger partial charge in [0.25, 0.3) is 0 Å². The van der Waals surface area contributed by atoms with E-state index >= 15 is 0 Å². The lowest BCUT2D eigenvalue weighted by Crippen LogP contribution is -2.12. The molecule has 0 unspecified atom stereocenters. The number of phenolic OH excluding ortho intramolecular Hbond substituents is 1. The van der Waals surface area contributed by atoms with Crippen LogP contribution in [-0.2, 0) is 0 Å². The number of nitrogen functional groups attached to an aromatic ring is 1. The summed E-state index contributed by atoms with van der Waals surface area (Å²) in [7, 11) is 0. The molecule has 4 rings (SSSR count). The van der Waals surface area contributed by atoms with Gasteiger partial charge in [-0.2, -0.15) is 0 Å². The zero-order chi connectivity index (χ0) is 21.3. The van der Waals surface area contributed by atoms with Crippen molar-refractivity contribution >= 4 is 23.2 Å². The van der Waals surface area contributed by atoms with Crippen LogP contribution in [0.4, 0.5) is 11.6 Å². The van der Waals surface area contributed by atoms with E-state index in [-0.39, 0.29) is 11.8 Å². The fraction of sp³-hybridized carbons (Fsp3) is 0.130. The molecule has 5 N–H and O–H groups in total. The Kier molecular flexibility index (Phi) is 5.33. The Morgan fingerprint density at radius 3 is 2.57 bits per heavy atom. The quantitative estimate of drug-likeness (QED) is 0.339. The van der Waals surface area contributed by atoms with Gasteiger partial charge in [-0.15, -0.1) is 0 Å². The van der Waals surface area contributed by atoms with Crippen LogP contribution in [0.25, 0.3) is 22.3 Å². The van der Waals surface area contributed by atoms with Gasteiger partial charge in [-0.05, 0) is 49.2 Å². The van der Waals surface area contributed by atoms with Gasteiger partial charge in [0.05, 0.1) is 11.6 Å². The summed E-state index contributed by atoms with van der Waals surface area (Å²) in [6, 6.07) is 17.0. The first-order valence-electron chi connectivity index (χ1n) is 9.54. The number of nitrogens with two attached hydrogens (primary N) is 1. The van der Waals surface area contributed by atoms with Crippen LogP contribution >= 0.6 is 11.6 Å². The smallest absolute Gasteiger partial charge is 0.139 e. The third-order valence-corrected chi connectivity index (χ3v) is 5.12. The summed E-state index contributed by atoms with van der Waals surface area (Å²) >= 11 is 6.13. The molecule has 0 bridgehead atoms. The van der Waals surface area contributed by atoms with Gasteiger partial charge in [0.15, 0.2) is 0 Å². The van der Waals surface area contributed by atoms with Crippen molar-refractivity contribution in [2.45, 2.75) is 19.9 Å². The Balaban J connectivity index is 1.74. The molecule has 2 heterocycles. The molecule has 0 aliphatic rings. The van der Waals surface area contributed by atoms with Crippen LogP contribution in [0.15, 0.2) is 60.9 Å². The molecule has 2 aromatic carbocycles. The number of aromatic hydroxyl groups is 1. The van der Waals surface area contributed by atoms with Crippen LogP contribution in [0.2, 0.25) is 5.02 Å². The molecule has 0 spiro atoms. The van der Waals surface area contributed by atoms with Crippen molar-refractivity contribution in [2.24, 2.45) is 0 Å². The van der Waals surface area contributed by atoms with E-state index in [0.29, 0.717) is 27.8 Å². The maximum absolute atomic E-state index is 9.97. The minimum Gasteiger partial charge on any atom is -0.508 e. The maximum Gasteiger partial charge on any atom is 0.139 e. The van der Waals surface area contributed by atoms with Crippen LogP contribution in [0.1, 0.15) is 24.4 Å². The second kappa shape index (κ2) is 8.08. The Hall–Kier alpha value is -3.51. The number of phenols is 1. The topological polar surface area (TPSA) is 99.8 Å². The zero-order valence-electron chi connectivity index (χ0n) is 16.6. The lowest BCUT2D eigenvalue weighted by molar-refractivity contribution is 0.475. The first-order chi connectivity index (χ1) is 14.4. The van der Waals surface area contributed by atoms with Crippen LogP contribution in [0, 0.1) is 6.92 Å². The van der Waals surface area contributed by atoms with Gasteiger partial charge in [-0.1, -0.05) is 41.9 Å². The highest BCUT2D eigenvalue weighted by atomic mass is 35.5. The van der Waals surface area contributed by atoms with E-state index in [1.54, 1.807) is 12.1 Å². The summed E-state index contributed by atoms with van der Waals surface area (Å²) in [6.07, 6.45) is 1.41. The number of rotatable bonds is 5. The maximum atomic E-state index is 9.97. The Morgan fingerprint density at radius 1 is 1.07 bits per heavy atom. The predicted molar refractivity (Wildman–Crippen MR) is 122 cm³/mol. The van der Waals surface area contributed by atoms with E-state index in [0.717, 1.165) is 22.5 Å². The molecule has 0 aliphatic heterocycles. The van der Waals surface area contributed by atoms with Gasteiger partial charge in [0.2, 0.25) is 0 Å². The van der Waals surface area contributed by atoms with Crippen molar-refractivity contribution in [3.8, 4) is 28.0 Å². The molecular weight excluding hydrogens is 398 g/mol. The SMILES string of the molecule is Cc1cc(-c2ccccc2)c([C@H](C)Nc2ncnc(N)c2-c2cc(O)cc(Cl)c2)[nH]1. The molecule has 0 aliphatic carbocycles. The number of aromatic nitrogens is 3. The highest BCUT2D eigenvalue weighted by molar-refractivity contribution is 6.31. The summed E-state index contributed by atoms with van der Waals surface area (Å²) in [5.74, 6) is 0.904. The Bertz CT molecular complexity index is 1170. The highest BCUT2D eigenvalue weighted by Gasteiger charge is 2.19. The summed E-state index contributed by atoms with van der Waals surface area (Å²) in [6.45, 7) is 4.08. The highest BCUT2D eigenvalue weighted by Crippen LogP contribution is 2.37. The average molecular weight is 420 g/mol. The van der Waals surface area contributed by atoms with E-state index in [1.807, 2.05) is 25.1 Å². The van der Waals surface area contributed by atoms with Gasteiger partial charge in [0.1, 0.15) is 23.7 Å². The normalized spacial score (nSPS) is 12.0. The summed E-state index contributed by atoms with van der Waals surface area (Å²) in [5, 5.41) is 13.8. The molecule has 2 aromatic heterocycles. The van der Waals surface area contributed by atoms with Crippen molar-refractivity contribution in [2.75, 3.05) is 11.1 Å². The molecule has 0 saturated carbocycles. The van der Waals surface area contributed by atoms with Gasteiger partial charge in [-0.25, -0.2) is 9.97 Å². The molecule has 0 radical (unpaired) electrons. The number of aryl methyl sites for hydroxylation is 1. The summed E-state index contributed by atoms with van der Waals surface area (Å²) < 4.78 is 0. The molecule has 6 nitrogen and oxygen atoms in total. The number of nitrogens with zero attached hydrogens (tertiary/aromatic N) is 2. The summed E-state index contributed by atoms with van der Waals surface area (Å²) in [5.41, 5.74) is 11.8. The van der Waals surface area contributed by atoms with Gasteiger partial charge in [0, 0.05) is 22.0 Å². The Labute approximate surface area is 179 Å². The largest absolute Gasteiger partial charge is 0.508 e. The molecule has 7 heteroatoms. The molecular formula is C23H22ClN5O. The number of halogens is 1. The lowest BCUT2D eigenvalue weighted by Gasteiger charge is -2.19. The fourth-order valence-electron chi connectivity index (χ4n) is 3.60. The van der Waals surface area contributed by atoms with Crippen LogP contribution < -0.4 is 11.1 Å². The number of benzene rings is 2. The number of hydrogen-bond donors (Lipinski definition) is 4. The van der Waals surface area contributed by atoms with E-state index in [4.69, 9.17) is 17.3 Å². The molecule has 0 saturated heterocycles. The van der Waals surface area contributed by atoms with E-state index in [2.05, 4.69) is 45.4 Å². The van der Waals surface area contributed by atoms with E-state index < -0.39 is 0 Å². The monoisotopic (exact) mass is 419 g/mol. The van der Waals surface area contributed by atoms with Gasteiger partial charge >= 0.3 is 0 Å². The Morgan fingerprint density at radius 2 is 1.83 bits per heavy atom. The minimum absolute atomic E-state index is 0.0473. The first-order valence-corrected chi connectivity index (χ1v) is 9.92. The van der Waals surface area contributed by atoms with Gasteiger partial charge in [-0.3, -0.25) is 0 Å². The zero-order valence-corrected chi connectivity index (χ0v) is 17.4. The predicted octanol–water partition coefficient (Wildman–Crippen LogP) is 5.56. The fourth-order valence-corrected chi connectivity index (χ4v) is 3.83. The van der Waals surface area contributed by atoms with Crippen molar-refractivity contribution in [1.82, 2.24) is 15.0 Å². The number of aromatic amines is 1. The summed E-state index contributed by atoms with van der Waals surface area (Å²) in [4.78, 5) is 12.0. The third-order valence-electron chi connectivity index (χ3n) is 4.90. The molecule has 30 heavy (non-hydrogen) atoms. The molecule has 0 fully saturated rings. The van der Waals surface area contributed by atoms with Crippen LogP contribution in [0.5, 0.6) is 5.75 Å². The third kappa shape index (κ3) is 3.95. The number of nitrogens with one attached hydrogen (secondary N) is 2. The second-order valence-electron chi connectivity index (χ2n) is 7.19. The first kappa shape index (κ1) is 19.8. The molecule has 4 aromatic rings. The second-order valence-corrected chi connectivity index (χ2v) is 7.63. The van der Waals surface area contributed by atoms with Crippen molar-refractivity contribution in [3.05, 3.63) is 77.3 Å². The van der Waals surface area contributed by atoms with Crippen LogP contribution in [-0.4, -0.2) is 20.1 Å². The standard InChI is InChI=1S/C23H22ClN5O/c1-13-8-19(15-6-4-3-5-7-15)21(28-13)14(2)29-23-20(22(25)26-12-27-23)16-9-17(24)11-18(30)10-16/h3-12,14,28,30H,1-2H3,(H3,25,26,27,29)/t14-/m0/s1. The van der Waals surface area contributed by atoms with E-state index in [9.17, 15) is 5.11 Å². The van der Waals surface area contributed by atoms with E-state index in [1.165, 1.54) is 12.4 Å². The average Bonchev–Trinajstić information content (AvgIpc) is 3.10. The number of anilines is 2. The number of hydrogen-bond acceptors (Lipinski definition) is 5. The minimum atomic E-state index is -0.102. The van der Waals surface area contributed by atoms with Crippen molar-refractivity contribution in [3.63, 3.8) is 0 Å².